The van der Waals surface area contributed by atoms with Gasteiger partial charge in [0.05, 0.1) is 77.6 Å². The number of aromatic nitrogens is 24. The van der Waals surface area contributed by atoms with Crippen LogP contribution in [0.4, 0.5) is 34.9 Å². The van der Waals surface area contributed by atoms with Crippen molar-refractivity contribution in [1.29, 1.82) is 0 Å². The highest BCUT2D eigenvalue weighted by Gasteiger charge is 2.53. The lowest BCUT2D eigenvalue weighted by atomic mass is 10.2. The van der Waals surface area contributed by atoms with Crippen molar-refractivity contribution in [3.05, 3.63) is 75.9 Å². The zero-order valence-electron chi connectivity index (χ0n) is 69.3. The van der Waals surface area contributed by atoms with E-state index in [-0.39, 0.29) is 122 Å². The van der Waals surface area contributed by atoms with Crippen LogP contribution in [0, 0.1) is 0 Å². The third kappa shape index (κ3) is 21.1. The molecule has 0 amide bonds. The van der Waals surface area contributed by atoms with Gasteiger partial charge in [-0.1, -0.05) is 12.8 Å². The molecule has 23 atom stereocenters. The number of hydrogen-bond acceptors (Lipinski definition) is 49. The van der Waals surface area contributed by atoms with Crippen LogP contribution in [0.2, 0.25) is 0 Å². The van der Waals surface area contributed by atoms with Crippen LogP contribution in [0.25, 0.3) is 67.0 Å². The molecule has 6 aliphatic rings. The van der Waals surface area contributed by atoms with E-state index in [1.165, 1.54) is 67.1 Å². The van der Waals surface area contributed by atoms with Crippen LogP contribution in [0.15, 0.2) is 75.9 Å². The van der Waals surface area contributed by atoms with Gasteiger partial charge in [-0.2, -0.15) is 12.6 Å². The fourth-order valence-corrected chi connectivity index (χ4v) is 21.8. The molecule has 134 heavy (non-hydrogen) atoms. The van der Waals surface area contributed by atoms with Crippen LogP contribution in [-0.2, 0) is 110 Å². The number of anilines is 6. The van der Waals surface area contributed by atoms with E-state index in [1.807, 2.05) is 0 Å². The summed E-state index contributed by atoms with van der Waals surface area (Å²) < 4.78 is 199. The Bertz CT molecular complexity index is 6590. The number of nitrogen functional groups attached to an aromatic ring is 6. The number of nitrogens with zero attached hydrogens (tertiary/aromatic N) is 24. The average Bonchev–Trinajstić information content (AvgIpc) is 1.70. The molecule has 12 aromatic heterocycles. The highest BCUT2D eigenvalue weighted by atomic mass is 32.1. The van der Waals surface area contributed by atoms with Crippen molar-refractivity contribution in [2.24, 2.45) is 0 Å². The minimum Gasteiger partial charge on any atom is -0.382 e. The van der Waals surface area contributed by atoms with Crippen molar-refractivity contribution in [3.63, 3.8) is 0 Å². The second-order valence-corrected chi connectivity index (χ2v) is 39.7. The van der Waals surface area contributed by atoms with E-state index in [0.29, 0.717) is 18.7 Å². The topological polar surface area (TPSA) is 828 Å². The normalized spacial score (nSPS) is 28.1. The van der Waals surface area contributed by atoms with Crippen molar-refractivity contribution < 1.29 is 145 Å². The third-order valence-corrected chi connectivity index (χ3v) is 28.3. The number of thiol groups is 1. The number of nitrogens with two attached hydrogens (primary N) is 6. The van der Waals surface area contributed by atoms with E-state index in [1.54, 1.807) is 4.57 Å². The van der Waals surface area contributed by atoms with Crippen LogP contribution in [0.1, 0.15) is 102 Å². The highest BCUT2D eigenvalue weighted by molar-refractivity contribution is 7.80. The number of rotatable bonds is 41. The molecule has 18 rings (SSSR count). The molecule has 6 aliphatic heterocycles. The van der Waals surface area contributed by atoms with Gasteiger partial charge in [0.15, 0.2) is 68.8 Å². The van der Waals surface area contributed by atoms with Crippen LogP contribution < -0.4 is 34.4 Å². The molecule has 0 aromatic carbocycles. The van der Waals surface area contributed by atoms with E-state index in [0.717, 1.165) is 56.7 Å². The van der Waals surface area contributed by atoms with Gasteiger partial charge in [-0.3, -0.25) is 77.2 Å². The van der Waals surface area contributed by atoms with Crippen molar-refractivity contribution in [2.45, 2.75) is 175 Å². The maximum absolute atomic E-state index is 14.7. The number of fused-ring (bicyclic) bond motifs is 6. The molecule has 0 saturated carbocycles. The second-order valence-electron chi connectivity index (χ2n) is 31.1. The minimum atomic E-state index is -5.58. The summed E-state index contributed by atoms with van der Waals surface area (Å²) in [5.41, 5.74) is 38.4. The first-order chi connectivity index (χ1) is 64.1. The van der Waals surface area contributed by atoms with Gasteiger partial charge in [-0.25, -0.2) is 117 Å². The summed E-state index contributed by atoms with van der Waals surface area (Å²) in [5.74, 6) is 0.658. The number of unbranched alkanes of at least 4 members (excludes halogenated alkanes) is 3. The molecule has 0 radical (unpaired) electrons. The number of phosphoric acid groups is 6. The Morgan fingerprint density at radius 1 is 0.291 bits per heavy atom. The molecule has 5 unspecified atom stereocenters. The van der Waals surface area contributed by atoms with E-state index in [4.69, 9.17) is 117 Å². The Kier molecular flexibility index (Phi) is 27.7. The molecule has 722 valence electrons. The lowest BCUT2D eigenvalue weighted by molar-refractivity contribution is -0.0679. The summed E-state index contributed by atoms with van der Waals surface area (Å²) in [6.07, 6.45) is -9.13. The van der Waals surface area contributed by atoms with Crippen molar-refractivity contribution >= 4 is 161 Å². The van der Waals surface area contributed by atoms with Gasteiger partial charge < -0.3 is 102 Å². The van der Waals surface area contributed by atoms with E-state index < -0.39 is 210 Å². The second kappa shape index (κ2) is 39.0. The molecule has 6 saturated heterocycles. The molecular weight excluding hydrogens is 1930 g/mol. The molecule has 6 fully saturated rings. The Balaban J connectivity index is 0.563. The van der Waals surface area contributed by atoms with Gasteiger partial charge in [0.2, 0.25) is 0 Å². The molecule has 18 heterocycles. The van der Waals surface area contributed by atoms with Gasteiger partial charge in [0, 0.05) is 45.1 Å². The van der Waals surface area contributed by atoms with Gasteiger partial charge in [-0.15, -0.1) is 0 Å². The molecule has 0 bridgehead atoms. The van der Waals surface area contributed by atoms with Crippen LogP contribution in [0.5, 0.6) is 0 Å². The first-order valence-corrected chi connectivity index (χ1v) is 50.4. The lowest BCUT2D eigenvalue weighted by Crippen LogP contribution is -2.32. The molecular formula is C66H86N30O31P6S. The smallest absolute Gasteiger partial charge is 0.382 e. The average molecular weight is 2010 g/mol. The summed E-state index contributed by atoms with van der Waals surface area (Å²) in [7, 11) is -32.5. The SMILES string of the molecule is Nc1ncnc2c1ncn2[C@H]1C[C@H](OP(=O)(O)O)[C@@H](COP(=O)(O)O[C@H]2C[C@H](n3cnc4c(N)ncnc43)O[C@@H]2COP(=O)(O)O[C@H]2C[C@H](n3cnc4c(N)ncnc43)O[C@@H]2COP(=O)(O)O[C@H]2C[C@H](n3cnc4c(N)ncnc43)O[C@@H]2COP(=O)(O)O[C@H]2C[C@H](n3cnc4c(N)ncnc43)O[C@@H]2COP(=O)(O)O[C@H]2C[C@H](n3cnc4c(N)ncnc43)O[C@@H]2COCCCCCCS)O1. The Hall–Kier alpha value is -9.17. The monoisotopic (exact) mass is 2010 g/mol. The van der Waals surface area contributed by atoms with Crippen LogP contribution in [0.3, 0.4) is 0 Å². The summed E-state index contributed by atoms with van der Waals surface area (Å²) in [6, 6.07) is 0. The summed E-state index contributed by atoms with van der Waals surface area (Å²) in [4.78, 5) is 154. The van der Waals surface area contributed by atoms with Crippen molar-refractivity contribution in [1.82, 2.24) is 117 Å². The highest BCUT2D eigenvalue weighted by Crippen LogP contribution is 2.58. The summed E-state index contributed by atoms with van der Waals surface area (Å²) in [6.45, 7) is -4.61. The molecule has 61 nitrogen and oxygen atoms in total. The molecule has 68 heteroatoms. The Morgan fingerprint density at radius 3 is 0.701 bits per heavy atom. The third-order valence-electron chi connectivity index (χ3n) is 22.4. The number of hydrogen-bond donors (Lipinski definition) is 14. The first-order valence-electron chi connectivity index (χ1n) is 40.8. The zero-order chi connectivity index (χ0) is 93.9. The quantitative estimate of drug-likeness (QED) is 0.0149. The van der Waals surface area contributed by atoms with Crippen LogP contribution >= 0.6 is 59.6 Å². The van der Waals surface area contributed by atoms with Gasteiger partial charge in [0.25, 0.3) is 0 Å². The molecule has 0 aliphatic carbocycles. The summed E-state index contributed by atoms with van der Waals surface area (Å²) in [5, 5.41) is 0. The zero-order valence-corrected chi connectivity index (χ0v) is 75.6. The fraction of sp³-hybridized carbons (Fsp3) is 0.545. The maximum atomic E-state index is 14.7. The van der Waals surface area contributed by atoms with Gasteiger partial charge in [0.1, 0.15) is 182 Å². The maximum Gasteiger partial charge on any atom is 0.472 e. The standard InChI is InChI=1S/C66H86N30O31P6S/c67-55-49-61(79-19-73-55)91(25-85-49)43-7-31(122-128(97,98)99)38(117-43)14-111-130(102,103)124-33-9-45(93-27-87-51-57(69)75-21-81-63(51)93)119-40(33)16-113-132(106,107)126-35-11-47(95-29-89-53-59(71)77-23-83-65(53)95)121-42(35)18-115-133(108,109)127-36-12-48(96-30-90-54-60(72)78-24-84-66(54)96)120-41(36)17-114-131(104,105)125-34-10-46(94-28-88-52-58(70)76-22-82-64(52)94)118-39(34)15-112-129(100,101)123-32-8-44(92-26-86-50-56(68)74-20-80-62(50)92)116-37(32)13-110-5-3-1-2-4-6-134/h19-48,134H,1-18H2,(H,100,101)(H,102,103)(H,104,105)(H,106,107)(H,108,109)(H2,67,73,79)(H2,68,74,80)(H2,69,75,81)(H2,70,76,82)(H2,71,77,83)(H2,72,78,84)(H2,97,98,99)/t31-,32-,33-,34-,35-,36-,37+,38+,39+,40+,41+,42+,43+,44+,45+,46+,47+,48+/m0/s1. The van der Waals surface area contributed by atoms with Gasteiger partial charge in [-0.05, 0) is 18.6 Å². The van der Waals surface area contributed by atoms with Crippen molar-refractivity contribution in [3.8, 4) is 0 Å². The van der Waals surface area contributed by atoms with Gasteiger partial charge >= 0.3 is 46.9 Å². The lowest BCUT2D eigenvalue weighted by Gasteiger charge is -2.26. The Morgan fingerprint density at radius 2 is 0.493 bits per heavy atom. The molecule has 0 spiro atoms. The number of phosphoric ester groups is 6. The van der Waals surface area contributed by atoms with Crippen LogP contribution in [-0.4, -0.2) is 277 Å². The van der Waals surface area contributed by atoms with E-state index in [2.05, 4.69) is 102 Å². The van der Waals surface area contributed by atoms with Crippen molar-refractivity contribution in [2.75, 3.05) is 86.4 Å². The summed E-state index contributed by atoms with van der Waals surface area (Å²) >= 11 is 4.29. The predicted molar refractivity (Wildman–Crippen MR) is 453 cm³/mol. The first kappa shape index (κ1) is 95.2. The largest absolute Gasteiger partial charge is 0.472 e. The minimum absolute atomic E-state index is 0.00247. The number of ether oxygens (including phenoxy) is 7. The molecule has 19 N–H and O–H groups in total. The van der Waals surface area contributed by atoms with E-state index in [9.17, 15) is 61.6 Å². The van der Waals surface area contributed by atoms with E-state index >= 15 is 0 Å². The number of imidazole rings is 6. The fourth-order valence-electron chi connectivity index (χ4n) is 16.2. The molecule has 12 aromatic rings. The Labute approximate surface area is 756 Å². The predicted octanol–water partition coefficient (Wildman–Crippen LogP) is 2.74.